The van der Waals surface area contributed by atoms with Crippen LogP contribution in [0.25, 0.3) is 0 Å². The Morgan fingerprint density at radius 1 is 1.26 bits per heavy atom. The highest BCUT2D eigenvalue weighted by Crippen LogP contribution is 2.40. The van der Waals surface area contributed by atoms with Crippen molar-refractivity contribution < 1.29 is 9.53 Å². The summed E-state index contributed by atoms with van der Waals surface area (Å²) in [5.74, 6) is 0.835. The molecule has 1 aromatic heterocycles. The van der Waals surface area contributed by atoms with Crippen molar-refractivity contribution in [2.75, 3.05) is 40.4 Å². The normalized spacial score (nSPS) is 15.9. The predicted octanol–water partition coefficient (Wildman–Crippen LogP) is 3.25. The Morgan fingerprint density at radius 2 is 2.00 bits per heavy atom. The summed E-state index contributed by atoms with van der Waals surface area (Å²) in [6.45, 7) is 3.18. The van der Waals surface area contributed by atoms with Crippen LogP contribution in [0.3, 0.4) is 0 Å². The maximum absolute atomic E-state index is 11.9. The van der Waals surface area contributed by atoms with Gasteiger partial charge in [0.2, 0.25) is 0 Å². The van der Waals surface area contributed by atoms with E-state index < -0.39 is 0 Å². The molecule has 154 valence electrons. The Balaban J connectivity index is 0.00000364. The van der Waals surface area contributed by atoms with E-state index in [1.165, 1.54) is 37.0 Å². The molecule has 1 saturated carbocycles. The molecule has 0 unspecified atom stereocenters. The Morgan fingerprint density at radius 3 is 2.63 bits per heavy atom. The summed E-state index contributed by atoms with van der Waals surface area (Å²) >= 11 is 1.46. The van der Waals surface area contributed by atoms with E-state index in [0.29, 0.717) is 12.0 Å². The second-order valence-electron chi connectivity index (χ2n) is 6.89. The lowest BCUT2D eigenvalue weighted by atomic mass is 9.83. The summed E-state index contributed by atoms with van der Waals surface area (Å²) in [5, 5.41) is 11.7. The summed E-state index contributed by atoms with van der Waals surface area (Å²) in [7, 11) is 3.57. The first-order valence-electron chi connectivity index (χ1n) is 9.44. The summed E-state index contributed by atoms with van der Waals surface area (Å²) in [5.41, 5.74) is 0.336. The summed E-state index contributed by atoms with van der Waals surface area (Å²) in [4.78, 5) is 16.9. The molecule has 1 aliphatic rings. The summed E-state index contributed by atoms with van der Waals surface area (Å²) < 4.78 is 5.29. The number of nitrogens with one attached hydrogen (secondary N) is 3. The number of nitrogens with zero attached hydrogens (tertiary/aromatic N) is 1. The quantitative estimate of drug-likeness (QED) is 0.196. The topological polar surface area (TPSA) is 74.8 Å². The van der Waals surface area contributed by atoms with Crippen LogP contribution in [-0.4, -0.2) is 52.3 Å². The van der Waals surface area contributed by atoms with Gasteiger partial charge in [-0.2, -0.15) is 0 Å². The third kappa shape index (κ3) is 8.35. The maximum atomic E-state index is 11.9. The molecular weight excluding hydrogens is 475 g/mol. The van der Waals surface area contributed by atoms with Crippen molar-refractivity contribution in [3.8, 4) is 0 Å². The number of ether oxygens (including phenoxy) is 1. The number of guanidine groups is 1. The molecule has 1 fully saturated rings. The molecule has 1 heterocycles. The van der Waals surface area contributed by atoms with E-state index in [-0.39, 0.29) is 29.9 Å². The zero-order valence-electron chi connectivity index (χ0n) is 16.4. The molecule has 0 aromatic carbocycles. The number of hydrogen-bond donors (Lipinski definition) is 3. The smallest absolute Gasteiger partial charge is 0.261 e. The molecule has 0 saturated heterocycles. The fourth-order valence-corrected chi connectivity index (χ4v) is 4.08. The molecule has 3 N–H and O–H groups in total. The number of rotatable bonds is 10. The molecule has 8 heteroatoms. The fraction of sp³-hybridized carbons (Fsp3) is 0.684. The summed E-state index contributed by atoms with van der Waals surface area (Å²) in [6, 6.07) is 3.73. The van der Waals surface area contributed by atoms with Crippen LogP contribution in [0.2, 0.25) is 0 Å². The number of carbonyl (C=O) groups is 1. The molecule has 0 radical (unpaired) electrons. The van der Waals surface area contributed by atoms with Gasteiger partial charge in [0.05, 0.1) is 4.88 Å². The van der Waals surface area contributed by atoms with E-state index in [9.17, 15) is 4.79 Å². The molecule has 1 aliphatic carbocycles. The van der Waals surface area contributed by atoms with Gasteiger partial charge in [0.15, 0.2) is 5.96 Å². The first-order valence-corrected chi connectivity index (χ1v) is 10.3. The van der Waals surface area contributed by atoms with Crippen molar-refractivity contribution in [2.45, 2.75) is 38.5 Å². The zero-order chi connectivity index (χ0) is 18.7. The number of hydrogen-bond acceptors (Lipinski definition) is 4. The van der Waals surface area contributed by atoms with E-state index >= 15 is 0 Å². The number of methoxy groups -OCH3 is 1. The Labute approximate surface area is 184 Å². The minimum atomic E-state index is 0. The lowest BCUT2D eigenvalue weighted by Gasteiger charge is -2.30. The molecule has 0 aliphatic heterocycles. The van der Waals surface area contributed by atoms with Crippen LogP contribution in [0.4, 0.5) is 0 Å². The fourth-order valence-electron chi connectivity index (χ4n) is 3.44. The van der Waals surface area contributed by atoms with Crippen LogP contribution in [-0.2, 0) is 4.74 Å². The number of amides is 1. The lowest BCUT2D eigenvalue weighted by Crippen LogP contribution is -2.44. The second kappa shape index (κ2) is 13.3. The third-order valence-electron chi connectivity index (χ3n) is 5.03. The second-order valence-corrected chi connectivity index (χ2v) is 7.84. The van der Waals surface area contributed by atoms with Crippen LogP contribution >= 0.6 is 35.3 Å². The largest absolute Gasteiger partial charge is 0.385 e. The molecular formula is C19H33IN4O2S. The highest BCUT2D eigenvalue weighted by molar-refractivity contribution is 14.0. The lowest BCUT2D eigenvalue weighted by molar-refractivity contribution is 0.0957. The zero-order valence-corrected chi connectivity index (χ0v) is 19.5. The predicted molar refractivity (Wildman–Crippen MR) is 123 cm³/mol. The highest BCUT2D eigenvalue weighted by atomic mass is 127. The Kier molecular flexibility index (Phi) is 11.9. The van der Waals surface area contributed by atoms with Gasteiger partial charge < -0.3 is 20.7 Å². The maximum Gasteiger partial charge on any atom is 0.261 e. The van der Waals surface area contributed by atoms with Crippen molar-refractivity contribution in [3.63, 3.8) is 0 Å². The molecule has 0 spiro atoms. The van der Waals surface area contributed by atoms with Gasteiger partial charge in [0.25, 0.3) is 5.91 Å². The molecule has 0 atom stereocenters. The minimum Gasteiger partial charge on any atom is -0.385 e. The molecule has 2 rings (SSSR count). The van der Waals surface area contributed by atoms with Gasteiger partial charge >= 0.3 is 0 Å². The highest BCUT2D eigenvalue weighted by Gasteiger charge is 2.33. The van der Waals surface area contributed by atoms with Gasteiger partial charge in [-0.05, 0) is 42.5 Å². The van der Waals surface area contributed by atoms with Gasteiger partial charge in [-0.3, -0.25) is 9.79 Å². The van der Waals surface area contributed by atoms with Gasteiger partial charge in [0.1, 0.15) is 0 Å². The van der Waals surface area contributed by atoms with Crippen LogP contribution in [0.15, 0.2) is 22.5 Å². The number of halogens is 1. The first kappa shape index (κ1) is 24.2. The van der Waals surface area contributed by atoms with E-state index in [2.05, 4.69) is 20.9 Å². The van der Waals surface area contributed by atoms with Crippen molar-refractivity contribution in [2.24, 2.45) is 10.4 Å². The van der Waals surface area contributed by atoms with Gasteiger partial charge in [-0.15, -0.1) is 35.3 Å². The minimum absolute atomic E-state index is 0. The third-order valence-corrected chi connectivity index (χ3v) is 5.90. The number of aliphatic imine (C=N–C) groups is 1. The van der Waals surface area contributed by atoms with E-state index in [1.54, 1.807) is 14.2 Å². The molecule has 1 aromatic rings. The molecule has 0 bridgehead atoms. The van der Waals surface area contributed by atoms with Crippen LogP contribution in [0.5, 0.6) is 0 Å². The number of thiophene rings is 1. The van der Waals surface area contributed by atoms with Crippen molar-refractivity contribution in [3.05, 3.63) is 22.4 Å². The summed E-state index contributed by atoms with van der Waals surface area (Å²) in [6.07, 6.45) is 7.09. The van der Waals surface area contributed by atoms with E-state index in [1.807, 2.05) is 17.5 Å². The number of carbonyl (C=O) groups excluding carboxylic acids is 1. The van der Waals surface area contributed by atoms with Crippen LogP contribution in [0, 0.1) is 5.41 Å². The van der Waals surface area contributed by atoms with Crippen molar-refractivity contribution >= 4 is 47.2 Å². The first-order chi connectivity index (χ1) is 12.7. The Bertz CT molecular complexity index is 560. The van der Waals surface area contributed by atoms with Gasteiger partial charge in [-0.25, -0.2) is 0 Å². The SMILES string of the molecule is CN=C(NCCCNC(=O)c1cccs1)NCC1(CCOC)CCCC1.I. The molecule has 1 amide bonds. The molecule has 6 nitrogen and oxygen atoms in total. The molecule has 27 heavy (non-hydrogen) atoms. The van der Waals surface area contributed by atoms with Crippen LogP contribution in [0.1, 0.15) is 48.2 Å². The average Bonchev–Trinajstić information content (AvgIpc) is 3.34. The van der Waals surface area contributed by atoms with E-state index in [0.717, 1.165) is 43.4 Å². The van der Waals surface area contributed by atoms with Crippen LogP contribution < -0.4 is 16.0 Å². The van der Waals surface area contributed by atoms with Gasteiger partial charge in [0, 0.05) is 40.4 Å². The van der Waals surface area contributed by atoms with E-state index in [4.69, 9.17) is 4.74 Å². The Hall–Kier alpha value is -0.870. The monoisotopic (exact) mass is 508 g/mol. The van der Waals surface area contributed by atoms with Crippen molar-refractivity contribution in [1.29, 1.82) is 0 Å². The average molecular weight is 508 g/mol. The van der Waals surface area contributed by atoms with Gasteiger partial charge in [-0.1, -0.05) is 18.9 Å². The standard InChI is InChI=1S/C19H32N4O2S.HI/c1-20-18(23-15-19(10-13-25-2)8-3-4-9-19)22-12-6-11-21-17(24)16-7-5-14-26-16;/h5,7,14H,3-4,6,8-13,15H2,1-2H3,(H,21,24)(H2,20,22,23);1H. The van der Waals surface area contributed by atoms with Crippen molar-refractivity contribution in [1.82, 2.24) is 16.0 Å².